The molecule has 6 nitrogen and oxygen atoms in total. The van der Waals surface area contributed by atoms with Crippen LogP contribution in [0.2, 0.25) is 0 Å². The first kappa shape index (κ1) is 20.9. The minimum absolute atomic E-state index is 0.419. The standard InChI is InChI=1S/C18H21F3N2O4/c19-18(20,21)17(26)27-15(24)11-14(22)16(25)23-8-6-13(7-9-23)10-12-4-2-1-3-5-12/h1-5,13-14H,6-11,22H2/t14-/m0/s1. The van der Waals surface area contributed by atoms with Gasteiger partial charge in [0.25, 0.3) is 0 Å². The Kier molecular flexibility index (Phi) is 6.95. The molecule has 9 heteroatoms. The Morgan fingerprint density at radius 1 is 1.15 bits per heavy atom. The number of halogens is 3. The first-order chi connectivity index (χ1) is 12.7. The van der Waals surface area contributed by atoms with Crippen molar-refractivity contribution in [3.8, 4) is 0 Å². The van der Waals surface area contributed by atoms with Crippen LogP contribution < -0.4 is 5.73 Å². The van der Waals surface area contributed by atoms with Gasteiger partial charge in [0.05, 0.1) is 12.5 Å². The van der Waals surface area contributed by atoms with Crippen molar-refractivity contribution >= 4 is 17.8 Å². The zero-order valence-corrected chi connectivity index (χ0v) is 14.6. The molecule has 0 aromatic heterocycles. The fourth-order valence-electron chi connectivity index (χ4n) is 3.01. The molecule has 0 unspecified atom stereocenters. The maximum atomic E-state index is 12.3. The fourth-order valence-corrected chi connectivity index (χ4v) is 3.01. The molecule has 0 spiro atoms. The third-order valence-corrected chi connectivity index (χ3v) is 4.44. The lowest BCUT2D eigenvalue weighted by Crippen LogP contribution is -2.48. The third-order valence-electron chi connectivity index (χ3n) is 4.44. The molecular weight excluding hydrogens is 365 g/mol. The Labute approximate surface area is 154 Å². The van der Waals surface area contributed by atoms with Crippen LogP contribution in [0.5, 0.6) is 0 Å². The van der Waals surface area contributed by atoms with Crippen LogP contribution in [-0.4, -0.2) is 48.1 Å². The summed E-state index contributed by atoms with van der Waals surface area (Å²) < 4.78 is 39.8. The van der Waals surface area contributed by atoms with E-state index < -0.39 is 36.5 Å². The van der Waals surface area contributed by atoms with Crippen LogP contribution in [0.3, 0.4) is 0 Å². The molecule has 0 bridgehead atoms. The highest BCUT2D eigenvalue weighted by molar-refractivity contribution is 5.92. The summed E-state index contributed by atoms with van der Waals surface area (Å²) in [5, 5.41) is 0. The second kappa shape index (κ2) is 8.98. The van der Waals surface area contributed by atoms with Crippen molar-refractivity contribution in [3.05, 3.63) is 35.9 Å². The van der Waals surface area contributed by atoms with Gasteiger partial charge < -0.3 is 15.4 Å². The minimum atomic E-state index is -5.27. The summed E-state index contributed by atoms with van der Waals surface area (Å²) in [6, 6.07) is 8.62. The van der Waals surface area contributed by atoms with Crippen molar-refractivity contribution in [2.45, 2.75) is 37.9 Å². The monoisotopic (exact) mass is 386 g/mol. The Hall–Kier alpha value is -2.42. The van der Waals surface area contributed by atoms with Crippen LogP contribution in [-0.2, 0) is 25.5 Å². The summed E-state index contributed by atoms with van der Waals surface area (Å²) in [5.74, 6) is -4.21. The largest absolute Gasteiger partial charge is 0.491 e. The Morgan fingerprint density at radius 3 is 2.30 bits per heavy atom. The molecule has 1 aromatic carbocycles. The number of amides is 1. The number of hydrogen-bond acceptors (Lipinski definition) is 5. The number of benzene rings is 1. The van der Waals surface area contributed by atoms with Gasteiger partial charge in [0.1, 0.15) is 0 Å². The first-order valence-electron chi connectivity index (χ1n) is 8.57. The molecule has 0 saturated carbocycles. The van der Waals surface area contributed by atoms with E-state index in [4.69, 9.17) is 5.73 Å². The first-order valence-corrected chi connectivity index (χ1v) is 8.57. The Bertz CT molecular complexity index is 671. The van der Waals surface area contributed by atoms with Crippen LogP contribution in [0.25, 0.3) is 0 Å². The van der Waals surface area contributed by atoms with Crippen molar-refractivity contribution in [1.29, 1.82) is 0 Å². The van der Waals surface area contributed by atoms with Gasteiger partial charge in [-0.1, -0.05) is 30.3 Å². The summed E-state index contributed by atoms with van der Waals surface area (Å²) in [6.07, 6.45) is -3.62. The molecule has 1 fully saturated rings. The number of likely N-dealkylation sites (tertiary alicyclic amines) is 1. The molecule has 0 aliphatic carbocycles. The second-order valence-electron chi connectivity index (χ2n) is 6.53. The highest BCUT2D eigenvalue weighted by Crippen LogP contribution is 2.22. The minimum Gasteiger partial charge on any atom is -0.386 e. The molecule has 1 amide bonds. The number of nitrogens with zero attached hydrogens (tertiary/aromatic N) is 1. The van der Waals surface area contributed by atoms with Crippen molar-refractivity contribution in [3.63, 3.8) is 0 Å². The van der Waals surface area contributed by atoms with E-state index in [-0.39, 0.29) is 0 Å². The molecule has 1 aromatic rings. The average molecular weight is 386 g/mol. The van der Waals surface area contributed by atoms with Crippen molar-refractivity contribution < 1.29 is 32.3 Å². The normalized spacial score (nSPS) is 16.7. The Morgan fingerprint density at radius 2 is 1.74 bits per heavy atom. The smallest absolute Gasteiger partial charge is 0.386 e. The van der Waals surface area contributed by atoms with E-state index >= 15 is 0 Å². The number of carbonyl (C=O) groups excluding carboxylic acids is 3. The quantitative estimate of drug-likeness (QED) is 0.616. The van der Waals surface area contributed by atoms with Gasteiger partial charge >= 0.3 is 18.1 Å². The van der Waals surface area contributed by atoms with E-state index in [2.05, 4.69) is 4.74 Å². The topological polar surface area (TPSA) is 89.7 Å². The number of nitrogens with two attached hydrogens (primary N) is 1. The summed E-state index contributed by atoms with van der Waals surface area (Å²) in [6.45, 7) is 0.918. The van der Waals surface area contributed by atoms with Crippen LogP contribution >= 0.6 is 0 Å². The van der Waals surface area contributed by atoms with E-state index in [0.717, 1.165) is 19.3 Å². The molecule has 1 aliphatic rings. The van der Waals surface area contributed by atoms with Crippen molar-refractivity contribution in [2.24, 2.45) is 11.7 Å². The number of rotatable bonds is 5. The molecule has 1 heterocycles. The highest BCUT2D eigenvalue weighted by Gasteiger charge is 2.42. The number of piperidine rings is 1. The second-order valence-corrected chi connectivity index (χ2v) is 6.53. The van der Waals surface area contributed by atoms with E-state index in [1.54, 1.807) is 0 Å². The van der Waals surface area contributed by atoms with Gasteiger partial charge in [0.15, 0.2) is 0 Å². The zero-order valence-electron chi connectivity index (χ0n) is 14.6. The van der Waals surface area contributed by atoms with E-state index in [1.807, 2.05) is 30.3 Å². The van der Waals surface area contributed by atoms with Gasteiger partial charge in [0.2, 0.25) is 5.91 Å². The van der Waals surface area contributed by atoms with Crippen molar-refractivity contribution in [1.82, 2.24) is 4.90 Å². The van der Waals surface area contributed by atoms with Gasteiger partial charge in [0, 0.05) is 13.1 Å². The fraction of sp³-hybridized carbons (Fsp3) is 0.500. The molecule has 1 saturated heterocycles. The molecule has 1 aliphatic heterocycles. The van der Waals surface area contributed by atoms with E-state index in [9.17, 15) is 27.6 Å². The van der Waals surface area contributed by atoms with Crippen LogP contribution in [0.15, 0.2) is 30.3 Å². The van der Waals surface area contributed by atoms with Gasteiger partial charge in [-0.3, -0.25) is 9.59 Å². The average Bonchev–Trinajstić information content (AvgIpc) is 2.61. The molecule has 148 valence electrons. The summed E-state index contributed by atoms with van der Waals surface area (Å²) in [5.41, 5.74) is 6.83. The van der Waals surface area contributed by atoms with E-state index in [1.165, 1.54) is 10.5 Å². The number of ether oxygens (including phenoxy) is 1. The maximum absolute atomic E-state index is 12.3. The number of alkyl halides is 3. The predicted octanol–water partition coefficient (Wildman–Crippen LogP) is 1.82. The SMILES string of the molecule is N[C@@H](CC(=O)OC(=O)C(F)(F)F)C(=O)N1CCC(Cc2ccccc2)CC1. The summed E-state index contributed by atoms with van der Waals surface area (Å²) in [7, 11) is 0. The van der Waals surface area contributed by atoms with Crippen LogP contribution in [0.4, 0.5) is 13.2 Å². The number of hydrogen-bond donors (Lipinski definition) is 1. The van der Waals surface area contributed by atoms with Gasteiger partial charge in [-0.2, -0.15) is 13.2 Å². The number of carbonyl (C=O) groups is 3. The van der Waals surface area contributed by atoms with Crippen molar-refractivity contribution in [2.75, 3.05) is 13.1 Å². The molecule has 0 radical (unpaired) electrons. The maximum Gasteiger partial charge on any atom is 0.491 e. The molecule has 1 atom stereocenters. The van der Waals surface area contributed by atoms with Gasteiger partial charge in [-0.05, 0) is 30.7 Å². The van der Waals surface area contributed by atoms with Gasteiger partial charge in [-0.25, -0.2) is 4.79 Å². The van der Waals surface area contributed by atoms with Crippen LogP contribution in [0.1, 0.15) is 24.8 Å². The lowest BCUT2D eigenvalue weighted by molar-refractivity contribution is -0.202. The lowest BCUT2D eigenvalue weighted by Gasteiger charge is -2.33. The summed E-state index contributed by atoms with van der Waals surface area (Å²) in [4.78, 5) is 35.7. The Balaban J connectivity index is 1.77. The lowest BCUT2D eigenvalue weighted by atomic mass is 9.90. The molecule has 27 heavy (non-hydrogen) atoms. The number of esters is 2. The molecular formula is C18H21F3N2O4. The third kappa shape index (κ3) is 6.35. The van der Waals surface area contributed by atoms with Gasteiger partial charge in [-0.15, -0.1) is 0 Å². The van der Waals surface area contributed by atoms with E-state index in [0.29, 0.717) is 19.0 Å². The highest BCUT2D eigenvalue weighted by atomic mass is 19.4. The zero-order chi connectivity index (χ0) is 20.0. The summed E-state index contributed by atoms with van der Waals surface area (Å²) >= 11 is 0. The molecule has 2 rings (SSSR count). The molecule has 2 N–H and O–H groups in total. The van der Waals surface area contributed by atoms with Crippen LogP contribution in [0, 0.1) is 5.92 Å². The predicted molar refractivity (Wildman–Crippen MR) is 89.2 cm³/mol.